The molecule has 0 aliphatic heterocycles. The molecule has 0 heterocycles. The van der Waals surface area contributed by atoms with Crippen LogP contribution in [-0.4, -0.2) is 24.9 Å². The van der Waals surface area contributed by atoms with Crippen LogP contribution in [0.2, 0.25) is 0 Å². The normalized spacial score (nSPS) is 14.8. The van der Waals surface area contributed by atoms with Gasteiger partial charge in [0, 0.05) is 12.1 Å². The van der Waals surface area contributed by atoms with E-state index in [1.165, 1.54) is 0 Å². The predicted octanol–water partition coefficient (Wildman–Crippen LogP) is 1.14. The van der Waals surface area contributed by atoms with Gasteiger partial charge in [-0.3, -0.25) is 0 Å². The summed E-state index contributed by atoms with van der Waals surface area (Å²) in [7, 11) is 1.65. The minimum absolute atomic E-state index is 0.121. The van der Waals surface area contributed by atoms with Gasteiger partial charge in [0.25, 0.3) is 0 Å². The van der Waals surface area contributed by atoms with Gasteiger partial charge in [0.1, 0.15) is 5.75 Å². The van der Waals surface area contributed by atoms with Crippen molar-refractivity contribution < 1.29 is 9.84 Å². The topological polar surface area (TPSA) is 81.5 Å². The number of hydrogen-bond donors (Lipinski definition) is 3. The van der Waals surface area contributed by atoms with Crippen LogP contribution in [0.4, 0.5) is 0 Å². The molecule has 0 radical (unpaired) electrons. The lowest BCUT2D eigenvalue weighted by atomic mass is 9.94. The molecule has 4 nitrogen and oxygen atoms in total. The second-order valence-electron chi connectivity index (χ2n) is 4.53. The Bertz CT molecular complexity index is 366. The first-order chi connectivity index (χ1) is 8.01. The fourth-order valence-corrected chi connectivity index (χ4v) is 1.77. The molecule has 0 fully saturated rings. The molecule has 17 heavy (non-hydrogen) atoms. The average Bonchev–Trinajstić information content (AvgIpc) is 2.35. The molecule has 0 aliphatic carbocycles. The zero-order valence-electron chi connectivity index (χ0n) is 10.7. The van der Waals surface area contributed by atoms with E-state index in [-0.39, 0.29) is 12.6 Å². The molecule has 2 atom stereocenters. The zero-order chi connectivity index (χ0) is 13.0. The Morgan fingerprint density at radius 2 is 1.94 bits per heavy atom. The molecule has 96 valence electrons. The van der Waals surface area contributed by atoms with Crippen molar-refractivity contribution in [3.63, 3.8) is 0 Å². The molecular weight excluding hydrogens is 216 g/mol. The van der Waals surface area contributed by atoms with Crippen LogP contribution in [0, 0.1) is 0 Å². The minimum atomic E-state index is -0.441. The lowest BCUT2D eigenvalue weighted by Gasteiger charge is -2.20. The lowest BCUT2D eigenvalue weighted by Crippen LogP contribution is -2.37. The van der Waals surface area contributed by atoms with Gasteiger partial charge in [0.05, 0.1) is 13.7 Å². The summed E-state index contributed by atoms with van der Waals surface area (Å²) in [5, 5.41) is 9.02. The van der Waals surface area contributed by atoms with Crippen LogP contribution in [0.15, 0.2) is 18.2 Å². The van der Waals surface area contributed by atoms with Crippen molar-refractivity contribution in [3.05, 3.63) is 29.3 Å². The smallest absolute Gasteiger partial charge is 0.122 e. The van der Waals surface area contributed by atoms with Crippen molar-refractivity contribution >= 4 is 0 Å². The maximum atomic E-state index is 9.02. The quantitative estimate of drug-likeness (QED) is 0.718. The van der Waals surface area contributed by atoms with Gasteiger partial charge in [-0.05, 0) is 23.1 Å². The molecule has 5 N–H and O–H groups in total. The highest BCUT2D eigenvalue weighted by atomic mass is 16.5. The number of ether oxygens (including phenoxy) is 1. The van der Waals surface area contributed by atoms with E-state index in [1.807, 2.05) is 18.2 Å². The predicted molar refractivity (Wildman–Crippen MR) is 69.1 cm³/mol. The Balaban J connectivity index is 3.07. The molecule has 0 amide bonds. The standard InChI is InChI=1S/C13H22N2O2/c1-8(2)10-6-9(4-5-12(10)17-3)13(15)11(14)7-16/h4-6,8,11,13,16H,7,14-15H2,1-3H3. The molecule has 2 unspecified atom stereocenters. The van der Waals surface area contributed by atoms with E-state index >= 15 is 0 Å². The van der Waals surface area contributed by atoms with Crippen LogP contribution in [0.1, 0.15) is 36.9 Å². The van der Waals surface area contributed by atoms with Crippen molar-refractivity contribution in [2.75, 3.05) is 13.7 Å². The first-order valence-electron chi connectivity index (χ1n) is 5.81. The molecule has 1 rings (SSSR count). The van der Waals surface area contributed by atoms with Crippen LogP contribution < -0.4 is 16.2 Å². The number of aliphatic hydroxyl groups is 1. The number of nitrogens with two attached hydrogens (primary N) is 2. The SMILES string of the molecule is COc1ccc(C(N)C(N)CO)cc1C(C)C. The van der Waals surface area contributed by atoms with Gasteiger partial charge in [-0.1, -0.05) is 26.0 Å². The van der Waals surface area contributed by atoms with Crippen LogP contribution >= 0.6 is 0 Å². The summed E-state index contributed by atoms with van der Waals surface area (Å²) in [5.74, 6) is 1.20. The van der Waals surface area contributed by atoms with Gasteiger partial charge < -0.3 is 21.3 Å². The Morgan fingerprint density at radius 1 is 1.29 bits per heavy atom. The number of benzene rings is 1. The highest BCUT2D eigenvalue weighted by molar-refractivity contribution is 5.40. The fraction of sp³-hybridized carbons (Fsp3) is 0.538. The fourth-order valence-electron chi connectivity index (χ4n) is 1.77. The number of aliphatic hydroxyl groups excluding tert-OH is 1. The summed E-state index contributed by atoms with van der Waals surface area (Å²) in [6.45, 7) is 4.07. The summed E-state index contributed by atoms with van der Waals surface area (Å²) < 4.78 is 5.31. The van der Waals surface area contributed by atoms with E-state index in [0.29, 0.717) is 5.92 Å². The highest BCUT2D eigenvalue weighted by Crippen LogP contribution is 2.29. The molecule has 1 aromatic rings. The summed E-state index contributed by atoms with van der Waals surface area (Å²) in [6, 6.07) is 5.00. The second-order valence-corrected chi connectivity index (χ2v) is 4.53. The van der Waals surface area contributed by atoms with Crippen LogP contribution in [0.3, 0.4) is 0 Å². The largest absolute Gasteiger partial charge is 0.496 e. The van der Waals surface area contributed by atoms with Crippen LogP contribution in [0.25, 0.3) is 0 Å². The Hall–Kier alpha value is -1.10. The molecule has 1 aromatic carbocycles. The number of methoxy groups -OCH3 is 1. The van der Waals surface area contributed by atoms with Crippen molar-refractivity contribution in [1.82, 2.24) is 0 Å². The van der Waals surface area contributed by atoms with Crippen LogP contribution in [-0.2, 0) is 0 Å². The summed E-state index contributed by atoms with van der Waals surface area (Å²) >= 11 is 0. The van der Waals surface area contributed by atoms with Gasteiger partial charge in [-0.15, -0.1) is 0 Å². The van der Waals surface area contributed by atoms with E-state index in [4.69, 9.17) is 21.3 Å². The maximum absolute atomic E-state index is 9.02. The lowest BCUT2D eigenvalue weighted by molar-refractivity contribution is 0.249. The van der Waals surface area contributed by atoms with Gasteiger partial charge in [0.2, 0.25) is 0 Å². The molecule has 0 saturated heterocycles. The average molecular weight is 238 g/mol. The van der Waals surface area contributed by atoms with Gasteiger partial charge in [-0.2, -0.15) is 0 Å². The summed E-state index contributed by atoms with van der Waals surface area (Å²) in [4.78, 5) is 0. The maximum Gasteiger partial charge on any atom is 0.122 e. The third-order valence-corrected chi connectivity index (χ3v) is 2.93. The summed E-state index contributed by atoms with van der Waals surface area (Å²) in [6.07, 6.45) is 0. The van der Waals surface area contributed by atoms with Crippen molar-refractivity contribution in [2.45, 2.75) is 31.8 Å². The number of hydrogen-bond acceptors (Lipinski definition) is 4. The molecule has 0 saturated carbocycles. The third-order valence-electron chi connectivity index (χ3n) is 2.93. The zero-order valence-corrected chi connectivity index (χ0v) is 10.7. The minimum Gasteiger partial charge on any atom is -0.496 e. The van der Waals surface area contributed by atoms with Crippen molar-refractivity contribution in [2.24, 2.45) is 11.5 Å². The van der Waals surface area contributed by atoms with Crippen molar-refractivity contribution in [1.29, 1.82) is 0 Å². The van der Waals surface area contributed by atoms with Gasteiger partial charge in [0.15, 0.2) is 0 Å². The monoisotopic (exact) mass is 238 g/mol. The third kappa shape index (κ3) is 3.19. The Labute approximate surface area is 103 Å². The van der Waals surface area contributed by atoms with E-state index < -0.39 is 6.04 Å². The van der Waals surface area contributed by atoms with E-state index in [9.17, 15) is 0 Å². The molecule has 0 aromatic heterocycles. The van der Waals surface area contributed by atoms with Gasteiger partial charge in [-0.25, -0.2) is 0 Å². The van der Waals surface area contributed by atoms with E-state index in [2.05, 4.69) is 13.8 Å². The first kappa shape index (κ1) is 14.0. The highest BCUT2D eigenvalue weighted by Gasteiger charge is 2.17. The molecule has 4 heteroatoms. The van der Waals surface area contributed by atoms with E-state index in [1.54, 1.807) is 7.11 Å². The molecule has 0 spiro atoms. The summed E-state index contributed by atoms with van der Waals surface area (Å²) in [5.41, 5.74) is 13.8. The van der Waals surface area contributed by atoms with Gasteiger partial charge >= 0.3 is 0 Å². The molecule has 0 aliphatic rings. The first-order valence-corrected chi connectivity index (χ1v) is 5.81. The number of rotatable bonds is 5. The Kier molecular flexibility index (Phi) is 4.93. The Morgan fingerprint density at radius 3 is 2.41 bits per heavy atom. The molecule has 0 bridgehead atoms. The molecular formula is C13H22N2O2. The van der Waals surface area contributed by atoms with E-state index in [0.717, 1.165) is 16.9 Å². The van der Waals surface area contributed by atoms with Crippen LogP contribution in [0.5, 0.6) is 5.75 Å². The second kappa shape index (κ2) is 6.00. The van der Waals surface area contributed by atoms with Crippen molar-refractivity contribution in [3.8, 4) is 5.75 Å².